The maximum absolute atomic E-state index is 4.41. The van der Waals surface area contributed by atoms with Gasteiger partial charge in [-0.1, -0.05) is 30.3 Å². The summed E-state index contributed by atoms with van der Waals surface area (Å²) in [5.74, 6) is 0. The van der Waals surface area contributed by atoms with Gasteiger partial charge in [0.25, 0.3) is 0 Å². The maximum atomic E-state index is 4.41. The summed E-state index contributed by atoms with van der Waals surface area (Å²) in [5, 5.41) is 7.33. The second kappa shape index (κ2) is 3.61. The Morgan fingerprint density at radius 2 is 1.94 bits per heavy atom. The first kappa shape index (κ1) is 9.73. The molecular weight excluding hydrogens is 244 g/mol. The molecule has 18 heavy (non-hydrogen) atoms. The van der Waals surface area contributed by atoms with Gasteiger partial charge in [0.05, 0.1) is 5.39 Å². The van der Waals surface area contributed by atoms with Crippen LogP contribution in [0, 0.1) is 0 Å². The van der Waals surface area contributed by atoms with Gasteiger partial charge in [0.15, 0.2) is 5.65 Å². The van der Waals surface area contributed by atoms with Crippen LogP contribution in [0.2, 0.25) is 0 Å². The van der Waals surface area contributed by atoms with E-state index in [9.17, 15) is 0 Å². The maximum Gasteiger partial charge on any atom is 0.167 e. The van der Waals surface area contributed by atoms with Crippen LogP contribution in [0.15, 0.2) is 48.4 Å². The Morgan fingerprint density at radius 3 is 2.83 bits per heavy atom. The molecule has 0 spiro atoms. The molecule has 4 rings (SSSR count). The molecule has 0 fully saturated rings. The molecule has 0 amide bonds. The Balaban J connectivity index is 2.15. The number of hydrogen-bond acceptors (Lipinski definition) is 4. The molecule has 0 bridgehead atoms. The molecule has 4 aromatic rings. The average molecular weight is 252 g/mol. The number of rotatable bonds is 1. The number of fused-ring (bicyclic) bond motifs is 3. The molecule has 5 heteroatoms. The van der Waals surface area contributed by atoms with Crippen LogP contribution < -0.4 is 0 Å². The fourth-order valence-electron chi connectivity index (χ4n) is 2.11. The smallest absolute Gasteiger partial charge is 0.167 e. The molecule has 3 aromatic heterocycles. The Hall–Kier alpha value is -2.27. The molecule has 0 aliphatic rings. The minimum atomic E-state index is 0.861. The van der Waals surface area contributed by atoms with Gasteiger partial charge in [-0.25, -0.2) is 14.5 Å². The molecule has 86 valence electrons. The number of thiophene rings is 1. The summed E-state index contributed by atoms with van der Waals surface area (Å²) in [7, 11) is 0. The van der Waals surface area contributed by atoms with E-state index in [-0.39, 0.29) is 0 Å². The first-order valence-corrected chi connectivity index (χ1v) is 6.42. The van der Waals surface area contributed by atoms with E-state index in [0.717, 1.165) is 15.9 Å². The lowest BCUT2D eigenvalue weighted by Crippen LogP contribution is -1.89. The summed E-state index contributed by atoms with van der Waals surface area (Å²) in [6, 6.07) is 10.3. The minimum absolute atomic E-state index is 0.861. The van der Waals surface area contributed by atoms with Gasteiger partial charge in [0.2, 0.25) is 0 Å². The quantitative estimate of drug-likeness (QED) is 0.523. The van der Waals surface area contributed by atoms with Crippen LogP contribution in [0.5, 0.6) is 0 Å². The highest BCUT2D eigenvalue weighted by Gasteiger charge is 2.12. The third-order valence-corrected chi connectivity index (χ3v) is 3.82. The van der Waals surface area contributed by atoms with Crippen molar-refractivity contribution in [3.8, 4) is 11.1 Å². The zero-order valence-corrected chi connectivity index (χ0v) is 10.1. The van der Waals surface area contributed by atoms with Crippen LogP contribution in [0.4, 0.5) is 0 Å². The van der Waals surface area contributed by atoms with Gasteiger partial charge < -0.3 is 0 Å². The fraction of sp³-hybridized carbons (Fsp3) is 0. The summed E-state index contributed by atoms with van der Waals surface area (Å²) in [4.78, 5) is 9.73. The minimum Gasteiger partial charge on any atom is -0.225 e. The molecule has 0 N–H and O–H groups in total. The van der Waals surface area contributed by atoms with Crippen LogP contribution in [0.25, 0.3) is 27.0 Å². The summed E-state index contributed by atoms with van der Waals surface area (Å²) >= 11 is 1.63. The zero-order chi connectivity index (χ0) is 11.9. The van der Waals surface area contributed by atoms with Gasteiger partial charge in [-0.15, -0.1) is 11.3 Å². The molecule has 3 heterocycles. The molecule has 1 aromatic carbocycles. The second-order valence-electron chi connectivity index (χ2n) is 3.97. The molecule has 0 atom stereocenters. The van der Waals surface area contributed by atoms with Crippen molar-refractivity contribution in [3.63, 3.8) is 0 Å². The Morgan fingerprint density at radius 1 is 1.06 bits per heavy atom. The van der Waals surface area contributed by atoms with E-state index in [0.29, 0.717) is 0 Å². The van der Waals surface area contributed by atoms with Crippen LogP contribution in [0.1, 0.15) is 0 Å². The first-order valence-electron chi connectivity index (χ1n) is 5.54. The van der Waals surface area contributed by atoms with Crippen molar-refractivity contribution in [2.45, 2.75) is 0 Å². The lowest BCUT2D eigenvalue weighted by atomic mass is 10.1. The summed E-state index contributed by atoms with van der Waals surface area (Å²) in [5.41, 5.74) is 3.21. The van der Waals surface area contributed by atoms with E-state index in [2.05, 4.69) is 32.6 Å². The summed E-state index contributed by atoms with van der Waals surface area (Å²) < 4.78 is 1.71. The molecule has 0 aliphatic carbocycles. The van der Waals surface area contributed by atoms with Gasteiger partial charge in [0, 0.05) is 10.9 Å². The lowest BCUT2D eigenvalue weighted by molar-refractivity contribution is 0.936. The third kappa shape index (κ3) is 1.28. The fourth-order valence-corrected chi connectivity index (χ4v) is 3.02. The molecule has 0 saturated heterocycles. The first-order chi connectivity index (χ1) is 8.93. The second-order valence-corrected chi connectivity index (χ2v) is 4.83. The Bertz CT molecular complexity index is 832. The van der Waals surface area contributed by atoms with Gasteiger partial charge in [-0.3, -0.25) is 0 Å². The highest BCUT2D eigenvalue weighted by molar-refractivity contribution is 7.17. The third-order valence-electron chi connectivity index (χ3n) is 2.94. The van der Waals surface area contributed by atoms with E-state index >= 15 is 0 Å². The van der Waals surface area contributed by atoms with E-state index in [4.69, 9.17) is 0 Å². The van der Waals surface area contributed by atoms with Crippen LogP contribution in [-0.2, 0) is 0 Å². The van der Waals surface area contributed by atoms with Crippen LogP contribution >= 0.6 is 11.3 Å². The van der Waals surface area contributed by atoms with E-state index in [1.54, 1.807) is 28.5 Å². The van der Waals surface area contributed by atoms with Gasteiger partial charge in [-0.05, 0) is 5.56 Å². The predicted molar refractivity (Wildman–Crippen MR) is 71.6 cm³/mol. The molecule has 0 saturated carbocycles. The Labute approximate surface area is 107 Å². The normalized spacial score (nSPS) is 11.3. The molecule has 0 radical (unpaired) electrons. The number of nitrogens with zero attached hydrogens (tertiary/aromatic N) is 4. The van der Waals surface area contributed by atoms with Crippen molar-refractivity contribution in [1.82, 2.24) is 19.6 Å². The van der Waals surface area contributed by atoms with Crippen LogP contribution in [-0.4, -0.2) is 19.6 Å². The van der Waals surface area contributed by atoms with Crippen molar-refractivity contribution >= 4 is 27.2 Å². The molecule has 0 aliphatic heterocycles. The number of aromatic nitrogens is 4. The van der Waals surface area contributed by atoms with Crippen molar-refractivity contribution in [1.29, 1.82) is 0 Å². The zero-order valence-electron chi connectivity index (χ0n) is 9.32. The van der Waals surface area contributed by atoms with Crippen molar-refractivity contribution in [3.05, 3.63) is 48.4 Å². The molecule has 0 unspecified atom stereocenters. The SMILES string of the molecule is c1ccc(-c2csc3ncn4ncnc4c23)cc1. The monoisotopic (exact) mass is 252 g/mol. The van der Waals surface area contributed by atoms with E-state index in [1.807, 2.05) is 18.2 Å². The van der Waals surface area contributed by atoms with E-state index in [1.165, 1.54) is 11.1 Å². The topological polar surface area (TPSA) is 43.1 Å². The molecule has 4 nitrogen and oxygen atoms in total. The standard InChI is InChI=1S/C13H8N4S/c1-2-4-9(5-3-1)10-6-18-13-11(10)12-14-7-16-17(12)8-15-13/h1-8H. The predicted octanol–water partition coefficient (Wildman–Crippen LogP) is 3.01. The van der Waals surface area contributed by atoms with E-state index < -0.39 is 0 Å². The highest BCUT2D eigenvalue weighted by atomic mass is 32.1. The summed E-state index contributed by atoms with van der Waals surface area (Å²) in [6.45, 7) is 0. The van der Waals surface area contributed by atoms with Crippen molar-refractivity contribution in [2.75, 3.05) is 0 Å². The van der Waals surface area contributed by atoms with Crippen molar-refractivity contribution < 1.29 is 0 Å². The number of hydrogen-bond donors (Lipinski definition) is 0. The lowest BCUT2D eigenvalue weighted by Gasteiger charge is -1.99. The van der Waals surface area contributed by atoms with Gasteiger partial charge in [-0.2, -0.15) is 5.10 Å². The average Bonchev–Trinajstić information content (AvgIpc) is 3.05. The van der Waals surface area contributed by atoms with Crippen LogP contribution in [0.3, 0.4) is 0 Å². The molecular formula is C13H8N4S. The van der Waals surface area contributed by atoms with Gasteiger partial charge >= 0.3 is 0 Å². The largest absolute Gasteiger partial charge is 0.225 e. The highest BCUT2D eigenvalue weighted by Crippen LogP contribution is 2.34. The number of benzene rings is 1. The summed E-state index contributed by atoms with van der Waals surface area (Å²) in [6.07, 6.45) is 3.26. The Kier molecular flexibility index (Phi) is 1.95. The van der Waals surface area contributed by atoms with Crippen molar-refractivity contribution in [2.24, 2.45) is 0 Å². The van der Waals surface area contributed by atoms with Gasteiger partial charge in [0.1, 0.15) is 17.5 Å².